The van der Waals surface area contributed by atoms with E-state index in [4.69, 9.17) is 4.74 Å². The van der Waals surface area contributed by atoms with Gasteiger partial charge in [0.05, 0.1) is 6.54 Å². The Bertz CT molecular complexity index is 469. The summed E-state index contributed by atoms with van der Waals surface area (Å²) < 4.78 is 5.95. The van der Waals surface area contributed by atoms with Crippen molar-refractivity contribution in [2.24, 2.45) is 10.9 Å². The molecular formula is C17H27N3O. The zero-order chi connectivity index (χ0) is 15.1. The lowest BCUT2D eigenvalue weighted by Crippen LogP contribution is -2.42. The highest BCUT2D eigenvalue weighted by atomic mass is 16.5. The summed E-state index contributed by atoms with van der Waals surface area (Å²) in [5.74, 6) is 2.75. The third kappa shape index (κ3) is 5.66. The van der Waals surface area contributed by atoms with Gasteiger partial charge in [-0.15, -0.1) is 0 Å². The first kappa shape index (κ1) is 15.7. The van der Waals surface area contributed by atoms with Crippen molar-refractivity contribution in [3.8, 4) is 5.75 Å². The number of para-hydroxylation sites is 1. The van der Waals surface area contributed by atoms with Crippen molar-refractivity contribution in [2.45, 2.75) is 39.2 Å². The standard InChI is InChI=1S/C17H27N3O/c1-13-6-4-5-7-16(13)21-14(2)12-20-17(18-3)19-11-10-15-8-9-15/h4-7,14-15H,8-12H2,1-3H3,(H2,18,19,20). The number of benzene rings is 1. The first-order valence-corrected chi connectivity index (χ1v) is 7.86. The van der Waals surface area contributed by atoms with Gasteiger partial charge in [-0.2, -0.15) is 0 Å². The van der Waals surface area contributed by atoms with Gasteiger partial charge in [0, 0.05) is 13.6 Å². The predicted molar refractivity (Wildman–Crippen MR) is 88.0 cm³/mol. The number of aryl methyl sites for hydroxylation is 1. The van der Waals surface area contributed by atoms with Crippen LogP contribution in [0.1, 0.15) is 31.7 Å². The van der Waals surface area contributed by atoms with Gasteiger partial charge in [-0.1, -0.05) is 31.0 Å². The quantitative estimate of drug-likeness (QED) is 0.599. The minimum absolute atomic E-state index is 0.0908. The minimum Gasteiger partial charge on any atom is -0.489 e. The van der Waals surface area contributed by atoms with E-state index >= 15 is 0 Å². The number of hydrogen-bond donors (Lipinski definition) is 2. The molecule has 1 atom stereocenters. The summed E-state index contributed by atoms with van der Waals surface area (Å²) in [7, 11) is 1.80. The molecular weight excluding hydrogens is 262 g/mol. The van der Waals surface area contributed by atoms with Crippen LogP contribution < -0.4 is 15.4 Å². The second kappa shape index (κ2) is 7.91. The smallest absolute Gasteiger partial charge is 0.191 e. The Morgan fingerprint density at radius 3 is 2.76 bits per heavy atom. The van der Waals surface area contributed by atoms with E-state index in [1.54, 1.807) is 7.05 Å². The van der Waals surface area contributed by atoms with E-state index in [-0.39, 0.29) is 6.10 Å². The Hall–Kier alpha value is -1.71. The Balaban J connectivity index is 1.68. The third-order valence-corrected chi connectivity index (χ3v) is 3.74. The lowest BCUT2D eigenvalue weighted by Gasteiger charge is -2.18. The molecule has 21 heavy (non-hydrogen) atoms. The zero-order valence-electron chi connectivity index (χ0n) is 13.4. The van der Waals surface area contributed by atoms with Gasteiger partial charge in [-0.25, -0.2) is 0 Å². The fourth-order valence-electron chi connectivity index (χ4n) is 2.21. The molecule has 0 saturated heterocycles. The van der Waals surface area contributed by atoms with E-state index in [0.717, 1.165) is 36.3 Å². The molecule has 0 bridgehead atoms. The third-order valence-electron chi connectivity index (χ3n) is 3.74. The average molecular weight is 289 g/mol. The maximum Gasteiger partial charge on any atom is 0.191 e. The predicted octanol–water partition coefficient (Wildman–Crippen LogP) is 2.73. The second-order valence-electron chi connectivity index (χ2n) is 5.81. The molecule has 0 aliphatic heterocycles. The van der Waals surface area contributed by atoms with Crippen molar-refractivity contribution in [3.63, 3.8) is 0 Å². The number of guanidine groups is 1. The van der Waals surface area contributed by atoms with Crippen LogP contribution in [-0.4, -0.2) is 32.2 Å². The minimum atomic E-state index is 0.0908. The molecule has 2 rings (SSSR count). The topological polar surface area (TPSA) is 45.7 Å². The first-order chi connectivity index (χ1) is 10.2. The van der Waals surface area contributed by atoms with Crippen LogP contribution in [0.4, 0.5) is 0 Å². The van der Waals surface area contributed by atoms with Crippen molar-refractivity contribution in [2.75, 3.05) is 20.1 Å². The van der Waals surface area contributed by atoms with E-state index in [0.29, 0.717) is 0 Å². The Morgan fingerprint density at radius 1 is 1.33 bits per heavy atom. The Labute approximate surface area is 128 Å². The summed E-state index contributed by atoms with van der Waals surface area (Å²) >= 11 is 0. The van der Waals surface area contributed by atoms with Crippen LogP contribution in [0.15, 0.2) is 29.3 Å². The molecule has 1 aromatic rings. The molecule has 1 unspecified atom stereocenters. The molecule has 1 aliphatic carbocycles. The van der Waals surface area contributed by atoms with Crippen LogP contribution in [0.2, 0.25) is 0 Å². The number of aliphatic imine (C=N–C) groups is 1. The van der Waals surface area contributed by atoms with Gasteiger partial charge in [0.15, 0.2) is 5.96 Å². The highest BCUT2D eigenvalue weighted by molar-refractivity contribution is 5.79. The summed E-state index contributed by atoms with van der Waals surface area (Å²) in [6.45, 7) is 5.86. The molecule has 2 N–H and O–H groups in total. The maximum atomic E-state index is 5.95. The zero-order valence-corrected chi connectivity index (χ0v) is 13.4. The van der Waals surface area contributed by atoms with Crippen molar-refractivity contribution in [1.82, 2.24) is 10.6 Å². The molecule has 116 valence electrons. The van der Waals surface area contributed by atoms with Crippen LogP contribution >= 0.6 is 0 Å². The SMILES string of the molecule is CN=C(NCCC1CC1)NCC(C)Oc1ccccc1C. The highest BCUT2D eigenvalue weighted by Crippen LogP contribution is 2.31. The monoisotopic (exact) mass is 289 g/mol. The highest BCUT2D eigenvalue weighted by Gasteiger charge is 2.20. The summed E-state index contributed by atoms with van der Waals surface area (Å²) in [6, 6.07) is 8.10. The first-order valence-electron chi connectivity index (χ1n) is 7.86. The molecule has 0 amide bonds. The van der Waals surface area contributed by atoms with E-state index in [1.807, 2.05) is 18.2 Å². The maximum absolute atomic E-state index is 5.95. The van der Waals surface area contributed by atoms with Crippen LogP contribution in [0.5, 0.6) is 5.75 Å². The average Bonchev–Trinajstić information content (AvgIpc) is 3.29. The van der Waals surface area contributed by atoms with Crippen LogP contribution in [0.3, 0.4) is 0 Å². The van der Waals surface area contributed by atoms with Gasteiger partial charge in [0.2, 0.25) is 0 Å². The molecule has 4 heteroatoms. The number of nitrogens with one attached hydrogen (secondary N) is 2. The fourth-order valence-corrected chi connectivity index (χ4v) is 2.21. The second-order valence-corrected chi connectivity index (χ2v) is 5.81. The van der Waals surface area contributed by atoms with E-state index in [2.05, 4.69) is 35.5 Å². The normalized spacial score (nSPS) is 16.4. The summed E-state index contributed by atoms with van der Waals surface area (Å²) in [5, 5.41) is 6.67. The van der Waals surface area contributed by atoms with E-state index in [1.165, 1.54) is 19.3 Å². The van der Waals surface area contributed by atoms with Gasteiger partial charge in [0.25, 0.3) is 0 Å². The molecule has 0 heterocycles. The lowest BCUT2D eigenvalue weighted by molar-refractivity contribution is 0.222. The summed E-state index contributed by atoms with van der Waals surface area (Å²) in [6.07, 6.45) is 4.13. The summed E-state index contributed by atoms with van der Waals surface area (Å²) in [4.78, 5) is 4.24. The molecule has 1 aliphatic rings. The molecule has 0 radical (unpaired) electrons. The summed E-state index contributed by atoms with van der Waals surface area (Å²) in [5.41, 5.74) is 1.16. The molecule has 1 saturated carbocycles. The van der Waals surface area contributed by atoms with E-state index < -0.39 is 0 Å². The van der Waals surface area contributed by atoms with Crippen molar-refractivity contribution < 1.29 is 4.74 Å². The van der Waals surface area contributed by atoms with Gasteiger partial charge in [0.1, 0.15) is 11.9 Å². The number of ether oxygens (including phenoxy) is 1. The number of hydrogen-bond acceptors (Lipinski definition) is 2. The van der Waals surface area contributed by atoms with Gasteiger partial charge >= 0.3 is 0 Å². The van der Waals surface area contributed by atoms with Crippen LogP contribution in [-0.2, 0) is 0 Å². The van der Waals surface area contributed by atoms with Crippen LogP contribution in [0, 0.1) is 12.8 Å². The largest absolute Gasteiger partial charge is 0.489 e. The molecule has 1 aromatic carbocycles. The molecule has 1 fully saturated rings. The molecule has 0 spiro atoms. The van der Waals surface area contributed by atoms with Crippen molar-refractivity contribution >= 4 is 5.96 Å². The van der Waals surface area contributed by atoms with E-state index in [9.17, 15) is 0 Å². The van der Waals surface area contributed by atoms with Crippen molar-refractivity contribution in [1.29, 1.82) is 0 Å². The fraction of sp³-hybridized carbons (Fsp3) is 0.588. The van der Waals surface area contributed by atoms with Gasteiger partial charge in [-0.3, -0.25) is 4.99 Å². The molecule has 4 nitrogen and oxygen atoms in total. The van der Waals surface area contributed by atoms with Gasteiger partial charge in [-0.05, 0) is 37.8 Å². The number of nitrogens with zero attached hydrogens (tertiary/aromatic N) is 1. The van der Waals surface area contributed by atoms with Crippen LogP contribution in [0.25, 0.3) is 0 Å². The Kier molecular flexibility index (Phi) is 5.90. The van der Waals surface area contributed by atoms with Crippen molar-refractivity contribution in [3.05, 3.63) is 29.8 Å². The molecule has 0 aromatic heterocycles. The lowest BCUT2D eigenvalue weighted by atomic mass is 10.2. The Morgan fingerprint density at radius 2 is 2.10 bits per heavy atom. The number of rotatable bonds is 7. The van der Waals surface area contributed by atoms with Gasteiger partial charge < -0.3 is 15.4 Å².